The summed E-state index contributed by atoms with van der Waals surface area (Å²) in [6.45, 7) is 6.94. The summed E-state index contributed by atoms with van der Waals surface area (Å²) in [5.41, 5.74) is 4.67. The highest BCUT2D eigenvalue weighted by molar-refractivity contribution is 5.82. The Hall–Kier alpha value is -1.39. The van der Waals surface area contributed by atoms with Crippen LogP contribution in [0.4, 0.5) is 0 Å². The number of carbonyl (C=O) groups excluding carboxylic acids is 3. The Morgan fingerprint density at radius 1 is 0.947 bits per heavy atom. The van der Waals surface area contributed by atoms with E-state index in [1.54, 1.807) is 6.92 Å². The van der Waals surface area contributed by atoms with Crippen molar-refractivity contribution in [2.24, 2.45) is 11.8 Å². The van der Waals surface area contributed by atoms with Crippen molar-refractivity contribution in [2.45, 2.75) is 59.8 Å². The highest BCUT2D eigenvalue weighted by atomic mass is 16.2. The molecule has 5 nitrogen and oxygen atoms in total. The second kappa shape index (κ2) is 9.53. The molecule has 0 aliphatic heterocycles. The second-order valence-corrected chi connectivity index (χ2v) is 5.35. The van der Waals surface area contributed by atoms with Gasteiger partial charge in [-0.3, -0.25) is 20.4 Å². The molecule has 0 radical (unpaired) electrons. The van der Waals surface area contributed by atoms with Gasteiger partial charge in [-0.2, -0.15) is 0 Å². The van der Waals surface area contributed by atoms with Gasteiger partial charge in [0, 0.05) is 19.3 Å². The smallest absolute Gasteiger partial charge is 0.241 e. The summed E-state index contributed by atoms with van der Waals surface area (Å²) >= 11 is 0. The molecular formula is C14H26N2O3. The molecule has 110 valence electrons. The molecular weight excluding hydrogens is 244 g/mol. The van der Waals surface area contributed by atoms with Crippen LogP contribution in [0.5, 0.6) is 0 Å². The normalized spacial score (nSPS) is 13.5. The van der Waals surface area contributed by atoms with Crippen LogP contribution < -0.4 is 10.9 Å². The van der Waals surface area contributed by atoms with Gasteiger partial charge in [-0.25, -0.2) is 0 Å². The topological polar surface area (TPSA) is 75.3 Å². The van der Waals surface area contributed by atoms with Crippen LogP contribution in [0.25, 0.3) is 0 Å². The van der Waals surface area contributed by atoms with E-state index < -0.39 is 0 Å². The number of hydrogen-bond donors (Lipinski definition) is 2. The van der Waals surface area contributed by atoms with E-state index in [-0.39, 0.29) is 23.5 Å². The maximum Gasteiger partial charge on any atom is 0.241 e. The third-order valence-corrected chi connectivity index (χ3v) is 3.13. The number of carbonyl (C=O) groups is 3. The molecule has 0 spiro atoms. The Morgan fingerprint density at radius 2 is 1.58 bits per heavy atom. The van der Waals surface area contributed by atoms with E-state index in [1.807, 2.05) is 6.92 Å². The number of ketones is 1. The Kier molecular flexibility index (Phi) is 8.83. The summed E-state index contributed by atoms with van der Waals surface area (Å²) in [5, 5.41) is 0. The van der Waals surface area contributed by atoms with Gasteiger partial charge < -0.3 is 4.79 Å². The molecule has 0 aliphatic rings. The average molecular weight is 270 g/mol. The van der Waals surface area contributed by atoms with E-state index in [2.05, 4.69) is 17.8 Å². The molecule has 0 fully saturated rings. The summed E-state index contributed by atoms with van der Waals surface area (Å²) in [5.74, 6) is 0.178. The van der Waals surface area contributed by atoms with Gasteiger partial charge >= 0.3 is 0 Å². The van der Waals surface area contributed by atoms with Crippen LogP contribution in [-0.4, -0.2) is 17.6 Å². The monoisotopic (exact) mass is 270 g/mol. The lowest BCUT2D eigenvalue weighted by Crippen LogP contribution is -2.43. The van der Waals surface area contributed by atoms with E-state index >= 15 is 0 Å². The van der Waals surface area contributed by atoms with E-state index in [0.717, 1.165) is 25.7 Å². The quantitative estimate of drug-likeness (QED) is 0.662. The molecule has 0 heterocycles. The first-order valence-corrected chi connectivity index (χ1v) is 6.88. The first-order valence-electron chi connectivity index (χ1n) is 6.88. The van der Waals surface area contributed by atoms with Gasteiger partial charge in [-0.1, -0.05) is 20.3 Å². The van der Waals surface area contributed by atoms with Gasteiger partial charge in [0.1, 0.15) is 5.78 Å². The van der Waals surface area contributed by atoms with Crippen LogP contribution >= 0.6 is 0 Å². The Labute approximate surface area is 115 Å². The summed E-state index contributed by atoms with van der Waals surface area (Å²) in [4.78, 5) is 33.1. The predicted molar refractivity (Wildman–Crippen MR) is 74.1 cm³/mol. The number of hydrazine groups is 1. The fraction of sp³-hybridized carbons (Fsp3) is 0.786. The minimum absolute atomic E-state index is 0.123. The van der Waals surface area contributed by atoms with E-state index in [1.165, 1.54) is 6.92 Å². The second-order valence-electron chi connectivity index (χ2n) is 5.35. The standard InChI is InChI=1S/C14H26N2O3/c1-10(6-5-7-12(3)17)8-9-11(2)14(19)16-15-13(4)18/h10-11H,5-9H2,1-4H3,(H,15,18)(H,16,19). The zero-order valence-electron chi connectivity index (χ0n) is 12.4. The number of rotatable bonds is 8. The van der Waals surface area contributed by atoms with Crippen molar-refractivity contribution < 1.29 is 14.4 Å². The number of amides is 2. The fourth-order valence-electron chi connectivity index (χ4n) is 1.78. The molecule has 19 heavy (non-hydrogen) atoms. The predicted octanol–water partition coefficient (Wildman–Crippen LogP) is 1.97. The maximum atomic E-state index is 11.6. The zero-order chi connectivity index (χ0) is 14.8. The van der Waals surface area contributed by atoms with Crippen molar-refractivity contribution in [1.29, 1.82) is 0 Å². The number of Topliss-reactive ketones (excluding diaryl/α,β-unsaturated/α-hetero) is 1. The molecule has 2 N–H and O–H groups in total. The maximum absolute atomic E-state index is 11.6. The summed E-state index contributed by atoms with van der Waals surface area (Å²) in [6, 6.07) is 0. The van der Waals surface area contributed by atoms with Crippen LogP contribution in [0.3, 0.4) is 0 Å². The molecule has 2 atom stereocenters. The molecule has 0 saturated carbocycles. The van der Waals surface area contributed by atoms with Gasteiger partial charge in [0.2, 0.25) is 11.8 Å². The molecule has 0 rings (SSSR count). The molecule has 5 heteroatoms. The molecule has 0 saturated heterocycles. The first-order chi connectivity index (χ1) is 8.82. The van der Waals surface area contributed by atoms with Gasteiger partial charge in [0.05, 0.1) is 0 Å². The molecule has 0 aromatic heterocycles. The largest absolute Gasteiger partial charge is 0.300 e. The summed E-state index contributed by atoms with van der Waals surface area (Å²) in [6.07, 6.45) is 4.31. The first kappa shape index (κ1) is 17.6. The lowest BCUT2D eigenvalue weighted by atomic mass is 9.93. The lowest BCUT2D eigenvalue weighted by Gasteiger charge is -2.15. The highest BCUT2D eigenvalue weighted by Crippen LogP contribution is 2.17. The number of hydrogen-bond acceptors (Lipinski definition) is 3. The molecule has 0 aromatic rings. The van der Waals surface area contributed by atoms with Crippen LogP contribution in [0.1, 0.15) is 59.8 Å². The Bertz CT molecular complexity index is 316. The minimum Gasteiger partial charge on any atom is -0.300 e. The van der Waals surface area contributed by atoms with Gasteiger partial charge in [0.25, 0.3) is 0 Å². The van der Waals surface area contributed by atoms with Crippen LogP contribution in [0.15, 0.2) is 0 Å². The van der Waals surface area contributed by atoms with Crippen molar-refractivity contribution in [2.75, 3.05) is 0 Å². The summed E-state index contributed by atoms with van der Waals surface area (Å²) < 4.78 is 0. The van der Waals surface area contributed by atoms with E-state index in [0.29, 0.717) is 12.3 Å². The summed E-state index contributed by atoms with van der Waals surface area (Å²) in [7, 11) is 0. The van der Waals surface area contributed by atoms with E-state index in [9.17, 15) is 14.4 Å². The molecule has 2 unspecified atom stereocenters. The van der Waals surface area contributed by atoms with Crippen molar-refractivity contribution in [3.05, 3.63) is 0 Å². The molecule has 2 amide bonds. The van der Waals surface area contributed by atoms with Gasteiger partial charge in [0.15, 0.2) is 0 Å². The lowest BCUT2D eigenvalue weighted by molar-refractivity contribution is -0.130. The third kappa shape index (κ3) is 10.2. The Morgan fingerprint density at radius 3 is 2.11 bits per heavy atom. The van der Waals surface area contributed by atoms with Crippen LogP contribution in [-0.2, 0) is 14.4 Å². The molecule has 0 aliphatic carbocycles. The third-order valence-electron chi connectivity index (χ3n) is 3.13. The van der Waals surface area contributed by atoms with Crippen molar-refractivity contribution in [3.8, 4) is 0 Å². The fourth-order valence-corrected chi connectivity index (χ4v) is 1.78. The molecule has 0 bridgehead atoms. The number of nitrogens with one attached hydrogen (secondary N) is 2. The average Bonchev–Trinajstić information content (AvgIpc) is 2.32. The van der Waals surface area contributed by atoms with Gasteiger partial charge in [-0.15, -0.1) is 0 Å². The van der Waals surface area contributed by atoms with Crippen molar-refractivity contribution in [3.63, 3.8) is 0 Å². The van der Waals surface area contributed by atoms with Crippen LogP contribution in [0, 0.1) is 11.8 Å². The highest BCUT2D eigenvalue weighted by Gasteiger charge is 2.14. The zero-order valence-corrected chi connectivity index (χ0v) is 12.4. The minimum atomic E-state index is -0.279. The molecule has 0 aromatic carbocycles. The van der Waals surface area contributed by atoms with Crippen molar-refractivity contribution in [1.82, 2.24) is 10.9 Å². The van der Waals surface area contributed by atoms with Crippen LogP contribution in [0.2, 0.25) is 0 Å². The van der Waals surface area contributed by atoms with E-state index in [4.69, 9.17) is 0 Å². The van der Waals surface area contributed by atoms with Gasteiger partial charge in [-0.05, 0) is 32.1 Å². The Balaban J connectivity index is 3.75. The SMILES string of the molecule is CC(=O)CCCC(C)CCC(C)C(=O)NNC(C)=O. The van der Waals surface area contributed by atoms with Crippen molar-refractivity contribution >= 4 is 17.6 Å².